The van der Waals surface area contributed by atoms with Gasteiger partial charge in [-0.2, -0.15) is 13.2 Å². The number of alkyl halides is 3. The van der Waals surface area contributed by atoms with Gasteiger partial charge in [-0.15, -0.1) is 0 Å². The molecule has 1 aromatic carbocycles. The van der Waals surface area contributed by atoms with E-state index in [-0.39, 0.29) is 0 Å². The van der Waals surface area contributed by atoms with Crippen LogP contribution in [0.4, 0.5) is 13.2 Å². The smallest absolute Gasteiger partial charge is 0.351 e. The number of aryl methyl sites for hydroxylation is 1. The van der Waals surface area contributed by atoms with Crippen LogP contribution < -0.4 is 0 Å². The molecule has 1 N–H and O–H groups in total. The molecule has 0 radical (unpaired) electrons. The second kappa shape index (κ2) is 3.37. The van der Waals surface area contributed by atoms with Crippen molar-refractivity contribution < 1.29 is 18.0 Å². The number of rotatable bonds is 1. The van der Waals surface area contributed by atoms with E-state index in [0.29, 0.717) is 28.3 Å². The van der Waals surface area contributed by atoms with E-state index in [1.165, 1.54) is 6.07 Å². The molecule has 0 unspecified atom stereocenters. The molecule has 2 aromatic rings. The quantitative estimate of drug-likeness (QED) is 0.745. The van der Waals surface area contributed by atoms with Crippen molar-refractivity contribution in [3.63, 3.8) is 0 Å². The number of carbonyl (C=O) groups excluding carboxylic acids is 1. The van der Waals surface area contributed by atoms with Crippen LogP contribution in [0.25, 0.3) is 10.9 Å². The van der Waals surface area contributed by atoms with Crippen molar-refractivity contribution in [2.24, 2.45) is 0 Å². The zero-order chi connectivity index (χ0) is 11.9. The maximum atomic E-state index is 12.4. The van der Waals surface area contributed by atoms with Gasteiger partial charge in [0.15, 0.2) is 0 Å². The fourth-order valence-corrected chi connectivity index (χ4v) is 1.59. The zero-order valence-corrected chi connectivity index (χ0v) is 8.35. The number of aromatic nitrogens is 1. The van der Waals surface area contributed by atoms with Crippen LogP contribution >= 0.6 is 0 Å². The summed E-state index contributed by atoms with van der Waals surface area (Å²) in [5.74, 6) is 0. The average Bonchev–Trinajstić information content (AvgIpc) is 2.58. The number of fused-ring (bicyclic) bond motifs is 1. The Hall–Kier alpha value is -1.78. The molecule has 1 heterocycles. The first kappa shape index (κ1) is 10.7. The lowest BCUT2D eigenvalue weighted by Crippen LogP contribution is -2.04. The van der Waals surface area contributed by atoms with Gasteiger partial charge in [0.25, 0.3) is 0 Å². The molecule has 1 aromatic heterocycles. The molecule has 5 heteroatoms. The fourth-order valence-electron chi connectivity index (χ4n) is 1.59. The Balaban J connectivity index is 2.67. The third kappa shape index (κ3) is 1.68. The predicted molar refractivity (Wildman–Crippen MR) is 53.4 cm³/mol. The van der Waals surface area contributed by atoms with Gasteiger partial charge in [-0.25, -0.2) is 0 Å². The maximum absolute atomic E-state index is 12.4. The van der Waals surface area contributed by atoms with Crippen LogP contribution in [0.1, 0.15) is 21.6 Å². The van der Waals surface area contributed by atoms with Crippen molar-refractivity contribution in [2.75, 3.05) is 0 Å². The third-order valence-corrected chi connectivity index (χ3v) is 2.44. The van der Waals surface area contributed by atoms with E-state index in [0.717, 1.165) is 6.07 Å². The summed E-state index contributed by atoms with van der Waals surface area (Å²) < 4.78 is 37.2. The van der Waals surface area contributed by atoms with Gasteiger partial charge in [-0.05, 0) is 30.7 Å². The van der Waals surface area contributed by atoms with Gasteiger partial charge in [-0.1, -0.05) is 0 Å². The number of aldehydes is 1. The van der Waals surface area contributed by atoms with Crippen molar-refractivity contribution in [1.29, 1.82) is 0 Å². The summed E-state index contributed by atoms with van der Waals surface area (Å²) in [6.07, 6.45) is -3.77. The Morgan fingerprint density at radius 1 is 1.25 bits per heavy atom. The van der Waals surface area contributed by atoms with Crippen LogP contribution in [0, 0.1) is 6.92 Å². The van der Waals surface area contributed by atoms with Crippen molar-refractivity contribution in [3.05, 3.63) is 35.0 Å². The summed E-state index contributed by atoms with van der Waals surface area (Å²) in [5.41, 5.74) is 0.572. The molecule has 0 atom stereocenters. The van der Waals surface area contributed by atoms with Gasteiger partial charge >= 0.3 is 6.18 Å². The monoisotopic (exact) mass is 227 g/mol. The van der Waals surface area contributed by atoms with Crippen molar-refractivity contribution in [1.82, 2.24) is 4.98 Å². The standard InChI is InChI=1S/C11H8F3NO/c1-6-2-7-4-10(11(12,13)14)15-9(7)3-8(6)5-16/h2-5,15H,1H3. The van der Waals surface area contributed by atoms with Gasteiger partial charge in [0.05, 0.1) is 0 Å². The summed E-state index contributed by atoms with van der Waals surface area (Å²) in [4.78, 5) is 12.9. The topological polar surface area (TPSA) is 32.9 Å². The Kier molecular flexibility index (Phi) is 2.26. The van der Waals surface area contributed by atoms with E-state index >= 15 is 0 Å². The number of hydrogen-bond acceptors (Lipinski definition) is 1. The molecule has 2 nitrogen and oxygen atoms in total. The highest BCUT2D eigenvalue weighted by molar-refractivity contribution is 5.89. The first-order chi connectivity index (χ1) is 7.41. The molecule has 0 bridgehead atoms. The van der Waals surface area contributed by atoms with Crippen molar-refractivity contribution in [3.8, 4) is 0 Å². The normalized spacial score (nSPS) is 12.0. The molecule has 0 aliphatic heterocycles. The van der Waals surface area contributed by atoms with Crippen LogP contribution in [0.2, 0.25) is 0 Å². The molecular weight excluding hydrogens is 219 g/mol. The number of H-pyrrole nitrogens is 1. The first-order valence-corrected chi connectivity index (χ1v) is 4.57. The molecule has 0 saturated heterocycles. The van der Waals surface area contributed by atoms with Gasteiger partial charge in [0, 0.05) is 16.5 Å². The van der Waals surface area contributed by atoms with E-state index in [1.807, 2.05) is 0 Å². The Morgan fingerprint density at radius 2 is 1.94 bits per heavy atom. The number of carbonyl (C=O) groups is 1. The Bertz CT molecular complexity index is 554. The highest BCUT2D eigenvalue weighted by atomic mass is 19.4. The second-order valence-electron chi connectivity index (χ2n) is 3.59. The lowest BCUT2D eigenvalue weighted by Gasteiger charge is -2.00. The van der Waals surface area contributed by atoms with Crippen molar-refractivity contribution in [2.45, 2.75) is 13.1 Å². The van der Waals surface area contributed by atoms with E-state index in [9.17, 15) is 18.0 Å². The average molecular weight is 227 g/mol. The van der Waals surface area contributed by atoms with Gasteiger partial charge in [0.2, 0.25) is 0 Å². The molecule has 16 heavy (non-hydrogen) atoms. The van der Waals surface area contributed by atoms with Gasteiger partial charge < -0.3 is 4.98 Å². The van der Waals surface area contributed by atoms with E-state index < -0.39 is 11.9 Å². The number of aromatic amines is 1. The van der Waals surface area contributed by atoms with Crippen LogP contribution in [-0.2, 0) is 6.18 Å². The SMILES string of the molecule is Cc1cc2cc(C(F)(F)F)[nH]c2cc1C=O. The highest BCUT2D eigenvalue weighted by Gasteiger charge is 2.32. The Morgan fingerprint density at radius 3 is 2.50 bits per heavy atom. The lowest BCUT2D eigenvalue weighted by atomic mass is 10.1. The summed E-state index contributed by atoms with van der Waals surface area (Å²) in [5, 5.41) is 0.454. The summed E-state index contributed by atoms with van der Waals surface area (Å²) in [6.45, 7) is 1.68. The van der Waals surface area contributed by atoms with E-state index in [4.69, 9.17) is 0 Å². The lowest BCUT2D eigenvalue weighted by molar-refractivity contribution is -0.140. The largest absolute Gasteiger partial charge is 0.431 e. The van der Waals surface area contributed by atoms with E-state index in [2.05, 4.69) is 4.98 Å². The molecule has 0 saturated carbocycles. The van der Waals surface area contributed by atoms with Gasteiger partial charge in [0.1, 0.15) is 12.0 Å². The molecule has 0 spiro atoms. The zero-order valence-electron chi connectivity index (χ0n) is 8.35. The number of nitrogens with one attached hydrogen (secondary N) is 1. The molecule has 84 valence electrons. The summed E-state index contributed by atoms with van der Waals surface area (Å²) >= 11 is 0. The predicted octanol–water partition coefficient (Wildman–Crippen LogP) is 3.31. The van der Waals surface area contributed by atoms with Crippen molar-refractivity contribution >= 4 is 17.2 Å². The minimum Gasteiger partial charge on any atom is -0.351 e. The fraction of sp³-hybridized carbons (Fsp3) is 0.182. The molecule has 0 aliphatic rings. The maximum Gasteiger partial charge on any atom is 0.431 e. The van der Waals surface area contributed by atoms with Crippen LogP contribution in [0.15, 0.2) is 18.2 Å². The molecule has 0 amide bonds. The highest BCUT2D eigenvalue weighted by Crippen LogP contribution is 2.31. The summed E-state index contributed by atoms with van der Waals surface area (Å²) in [7, 11) is 0. The number of hydrogen-bond donors (Lipinski definition) is 1. The second-order valence-corrected chi connectivity index (χ2v) is 3.59. The molecular formula is C11H8F3NO. The van der Waals surface area contributed by atoms with Crippen LogP contribution in [0.5, 0.6) is 0 Å². The molecule has 0 fully saturated rings. The van der Waals surface area contributed by atoms with Gasteiger partial charge in [-0.3, -0.25) is 4.79 Å². The molecule has 0 aliphatic carbocycles. The van der Waals surface area contributed by atoms with Crippen LogP contribution in [-0.4, -0.2) is 11.3 Å². The summed E-state index contributed by atoms with van der Waals surface area (Å²) in [6, 6.07) is 4.02. The number of benzene rings is 1. The Labute approximate surface area is 89.1 Å². The first-order valence-electron chi connectivity index (χ1n) is 4.57. The van der Waals surface area contributed by atoms with Crippen LogP contribution in [0.3, 0.4) is 0 Å². The minimum atomic E-state index is -4.39. The minimum absolute atomic E-state index is 0.319. The molecule has 2 rings (SSSR count). The number of halogens is 3. The van der Waals surface area contributed by atoms with E-state index in [1.54, 1.807) is 13.0 Å². The third-order valence-electron chi connectivity index (χ3n) is 2.44.